The normalized spacial score (nSPS) is 19.1. The third kappa shape index (κ3) is 6.90. The van der Waals surface area contributed by atoms with Gasteiger partial charge in [0.25, 0.3) is 5.91 Å². The van der Waals surface area contributed by atoms with Crippen molar-refractivity contribution in [2.24, 2.45) is 16.3 Å². The number of hydrogen-bond acceptors (Lipinski definition) is 5. The molecule has 35 heavy (non-hydrogen) atoms. The molecule has 2 heterocycles. The number of allylic oxidation sites excluding steroid dienone is 1. The fourth-order valence-electron chi connectivity index (χ4n) is 5.16. The van der Waals surface area contributed by atoms with Crippen molar-refractivity contribution in [3.8, 4) is 0 Å². The highest BCUT2D eigenvalue weighted by atomic mass is 32.2. The van der Waals surface area contributed by atoms with Gasteiger partial charge in [-0.1, -0.05) is 51.6 Å². The summed E-state index contributed by atoms with van der Waals surface area (Å²) < 4.78 is 0. The van der Waals surface area contributed by atoms with Gasteiger partial charge >= 0.3 is 0 Å². The molecule has 1 fully saturated rings. The Morgan fingerprint density at radius 1 is 1.20 bits per heavy atom. The van der Waals surface area contributed by atoms with Crippen molar-refractivity contribution in [1.82, 2.24) is 9.80 Å². The maximum Gasteiger partial charge on any atom is 0.254 e. The molecule has 2 aliphatic rings. The average molecular weight is 499 g/mol. The Hall–Kier alpha value is -2.28. The molecule has 1 aromatic rings. The Morgan fingerprint density at radius 2 is 1.86 bits per heavy atom. The number of amides is 2. The van der Waals surface area contributed by atoms with Crippen LogP contribution in [0, 0.1) is 11.3 Å². The SMILES string of the molecule is CCN(CC)C(=O)C1=C(C)N=C2SCCCN2C1c1ccc(NC(=O)CC(C)CC(C)(C)C)cc1. The lowest BCUT2D eigenvalue weighted by atomic mass is 9.84. The summed E-state index contributed by atoms with van der Waals surface area (Å²) in [5.41, 5.74) is 3.61. The lowest BCUT2D eigenvalue weighted by Gasteiger charge is -2.41. The number of likely N-dealkylation sites (N-methyl/N-ethyl adjacent to an activating group) is 1. The number of anilines is 1. The van der Waals surface area contributed by atoms with Gasteiger partial charge in [0, 0.05) is 37.5 Å². The van der Waals surface area contributed by atoms with Gasteiger partial charge in [-0.05, 0) is 62.6 Å². The molecule has 0 aliphatic carbocycles. The number of amidine groups is 1. The predicted octanol–water partition coefficient (Wildman–Crippen LogP) is 6.08. The minimum Gasteiger partial charge on any atom is -0.340 e. The lowest BCUT2D eigenvalue weighted by molar-refractivity contribution is -0.127. The Bertz CT molecular complexity index is 974. The van der Waals surface area contributed by atoms with Gasteiger partial charge in [-0.3, -0.25) is 9.59 Å². The topological polar surface area (TPSA) is 65.0 Å². The monoisotopic (exact) mass is 498 g/mol. The number of hydrogen-bond donors (Lipinski definition) is 1. The van der Waals surface area contributed by atoms with Crippen molar-refractivity contribution in [3.05, 3.63) is 41.1 Å². The van der Waals surface area contributed by atoms with Crippen molar-refractivity contribution in [2.45, 2.75) is 73.8 Å². The quantitative estimate of drug-likeness (QED) is 0.472. The largest absolute Gasteiger partial charge is 0.340 e. The lowest BCUT2D eigenvalue weighted by Crippen LogP contribution is -2.45. The highest BCUT2D eigenvalue weighted by Gasteiger charge is 2.38. The highest BCUT2D eigenvalue weighted by Crippen LogP contribution is 2.40. The summed E-state index contributed by atoms with van der Waals surface area (Å²) in [4.78, 5) is 35.1. The first-order valence-corrected chi connectivity index (χ1v) is 13.9. The molecule has 0 bridgehead atoms. The summed E-state index contributed by atoms with van der Waals surface area (Å²) in [6, 6.07) is 7.84. The summed E-state index contributed by atoms with van der Waals surface area (Å²) in [5, 5.41) is 4.06. The van der Waals surface area contributed by atoms with Gasteiger partial charge in [0.05, 0.1) is 17.3 Å². The first-order valence-electron chi connectivity index (χ1n) is 12.9. The second-order valence-electron chi connectivity index (χ2n) is 10.9. The van der Waals surface area contributed by atoms with E-state index in [0.717, 1.165) is 52.8 Å². The number of nitrogens with zero attached hydrogens (tertiary/aromatic N) is 3. The molecular weight excluding hydrogens is 456 g/mol. The predicted molar refractivity (Wildman–Crippen MR) is 148 cm³/mol. The summed E-state index contributed by atoms with van der Waals surface area (Å²) in [6.07, 6.45) is 2.58. The van der Waals surface area contributed by atoms with E-state index in [-0.39, 0.29) is 23.3 Å². The van der Waals surface area contributed by atoms with Crippen LogP contribution in [0.3, 0.4) is 0 Å². The summed E-state index contributed by atoms with van der Waals surface area (Å²) >= 11 is 1.76. The second kappa shape index (κ2) is 11.6. The van der Waals surface area contributed by atoms with Crippen LogP contribution >= 0.6 is 11.8 Å². The molecule has 0 spiro atoms. The molecule has 3 rings (SSSR count). The molecule has 0 saturated carbocycles. The number of nitrogens with one attached hydrogen (secondary N) is 1. The summed E-state index contributed by atoms with van der Waals surface area (Å²) in [7, 11) is 0. The van der Waals surface area contributed by atoms with Gasteiger partial charge in [-0.2, -0.15) is 0 Å². The van der Waals surface area contributed by atoms with Gasteiger partial charge in [0.15, 0.2) is 5.17 Å². The third-order valence-electron chi connectivity index (χ3n) is 6.54. The zero-order valence-electron chi connectivity index (χ0n) is 22.5. The minimum atomic E-state index is -0.167. The van der Waals surface area contributed by atoms with E-state index in [9.17, 15) is 9.59 Å². The van der Waals surface area contributed by atoms with Crippen LogP contribution in [-0.2, 0) is 9.59 Å². The number of thioether (sulfide) groups is 1. The number of rotatable bonds is 8. The van der Waals surface area contributed by atoms with Crippen LogP contribution in [-0.4, -0.2) is 52.2 Å². The average Bonchev–Trinajstić information content (AvgIpc) is 2.78. The number of aliphatic imine (C=N–C) groups is 1. The molecule has 7 heteroatoms. The molecule has 6 nitrogen and oxygen atoms in total. The van der Waals surface area contributed by atoms with Crippen LogP contribution in [0.4, 0.5) is 5.69 Å². The Labute approximate surface area is 215 Å². The standard InChI is InChI=1S/C28H42N4O2S/c1-8-31(9-2)26(34)24-20(4)29-27-32(15-10-16-35-27)25(24)21-11-13-22(14-12-21)30-23(33)17-19(3)18-28(5,6)7/h11-14,19,25H,8-10,15-18H2,1-7H3,(H,30,33). The number of carbonyl (C=O) groups excluding carboxylic acids is 2. The first kappa shape index (κ1) is 27.3. The van der Waals surface area contributed by atoms with E-state index < -0.39 is 0 Å². The molecule has 0 radical (unpaired) electrons. The highest BCUT2D eigenvalue weighted by molar-refractivity contribution is 8.13. The molecule has 1 saturated heterocycles. The van der Waals surface area contributed by atoms with E-state index in [2.05, 4.69) is 37.9 Å². The van der Waals surface area contributed by atoms with E-state index in [1.54, 1.807) is 11.8 Å². The maximum atomic E-state index is 13.6. The first-order chi connectivity index (χ1) is 16.5. The van der Waals surface area contributed by atoms with Crippen molar-refractivity contribution < 1.29 is 9.59 Å². The van der Waals surface area contributed by atoms with Crippen molar-refractivity contribution in [1.29, 1.82) is 0 Å². The fourth-order valence-corrected chi connectivity index (χ4v) is 6.18. The van der Waals surface area contributed by atoms with Crippen LogP contribution in [0.5, 0.6) is 0 Å². The Kier molecular flexibility index (Phi) is 9.08. The van der Waals surface area contributed by atoms with E-state index >= 15 is 0 Å². The van der Waals surface area contributed by atoms with E-state index in [1.807, 2.05) is 49.9 Å². The summed E-state index contributed by atoms with van der Waals surface area (Å²) in [6.45, 7) is 17.0. The van der Waals surface area contributed by atoms with Gasteiger partial charge in [0.2, 0.25) is 5.91 Å². The number of fused-ring (bicyclic) bond motifs is 1. The molecule has 2 atom stereocenters. The van der Waals surface area contributed by atoms with Crippen LogP contribution in [0.2, 0.25) is 0 Å². The van der Waals surface area contributed by atoms with E-state index in [1.165, 1.54) is 0 Å². The molecule has 1 aromatic carbocycles. The van der Waals surface area contributed by atoms with Crippen molar-refractivity contribution >= 4 is 34.4 Å². The Morgan fingerprint density at radius 3 is 2.46 bits per heavy atom. The minimum absolute atomic E-state index is 0.0437. The van der Waals surface area contributed by atoms with Crippen molar-refractivity contribution in [3.63, 3.8) is 0 Å². The van der Waals surface area contributed by atoms with Crippen LogP contribution in [0.1, 0.15) is 79.3 Å². The van der Waals surface area contributed by atoms with E-state index in [0.29, 0.717) is 25.4 Å². The molecule has 2 amide bonds. The third-order valence-corrected chi connectivity index (χ3v) is 7.62. The van der Waals surface area contributed by atoms with Crippen molar-refractivity contribution in [2.75, 3.05) is 30.7 Å². The molecule has 192 valence electrons. The van der Waals surface area contributed by atoms with Gasteiger partial charge in [-0.25, -0.2) is 4.99 Å². The zero-order chi connectivity index (χ0) is 25.8. The molecule has 0 aromatic heterocycles. The van der Waals surface area contributed by atoms with Crippen LogP contribution < -0.4 is 5.32 Å². The molecule has 2 aliphatic heterocycles. The smallest absolute Gasteiger partial charge is 0.254 e. The molecular formula is C28H42N4O2S. The van der Waals surface area contributed by atoms with Gasteiger partial charge in [-0.15, -0.1) is 0 Å². The Balaban J connectivity index is 1.83. The molecule has 2 unspecified atom stereocenters. The van der Waals surface area contributed by atoms with E-state index in [4.69, 9.17) is 4.99 Å². The summed E-state index contributed by atoms with van der Waals surface area (Å²) in [5.74, 6) is 1.48. The zero-order valence-corrected chi connectivity index (χ0v) is 23.3. The number of benzene rings is 1. The van der Waals surface area contributed by atoms with Crippen LogP contribution in [0.25, 0.3) is 0 Å². The van der Waals surface area contributed by atoms with Gasteiger partial charge in [0.1, 0.15) is 0 Å². The second-order valence-corrected chi connectivity index (χ2v) is 12.0. The fraction of sp³-hybridized carbons (Fsp3) is 0.607. The molecule has 1 N–H and O–H groups in total. The van der Waals surface area contributed by atoms with Gasteiger partial charge < -0.3 is 15.1 Å². The van der Waals surface area contributed by atoms with Crippen LogP contribution in [0.15, 0.2) is 40.5 Å². The number of carbonyl (C=O) groups is 2. The maximum absolute atomic E-state index is 13.6.